The summed E-state index contributed by atoms with van der Waals surface area (Å²) in [5.41, 5.74) is 6.53. The van der Waals surface area contributed by atoms with Crippen molar-refractivity contribution < 1.29 is 9.53 Å². The van der Waals surface area contributed by atoms with E-state index in [1.54, 1.807) is 12.1 Å². The van der Waals surface area contributed by atoms with E-state index >= 15 is 0 Å². The third-order valence-corrected chi connectivity index (χ3v) is 3.50. The minimum Gasteiger partial charge on any atom is -0.376 e. The van der Waals surface area contributed by atoms with Crippen molar-refractivity contribution in [1.29, 1.82) is 0 Å². The van der Waals surface area contributed by atoms with Crippen LogP contribution in [0.25, 0.3) is 0 Å². The average Bonchev–Trinajstić information content (AvgIpc) is 2.46. The van der Waals surface area contributed by atoms with Crippen LogP contribution >= 0.6 is 0 Å². The van der Waals surface area contributed by atoms with Gasteiger partial charge >= 0.3 is 0 Å². The third-order valence-electron chi connectivity index (χ3n) is 3.50. The van der Waals surface area contributed by atoms with Gasteiger partial charge in [-0.05, 0) is 37.8 Å². The van der Waals surface area contributed by atoms with Crippen LogP contribution in [0.1, 0.15) is 36.0 Å². The standard InChI is InChI=1S/C15H22N2O2/c16-13-6-8-14(9-7-13)19-11-10-17-15(18)12-4-2-1-3-5-12/h1-5,13-14H,6-11,16H2,(H,17,18). The van der Waals surface area contributed by atoms with E-state index in [0.29, 0.717) is 30.9 Å². The zero-order chi connectivity index (χ0) is 13.5. The van der Waals surface area contributed by atoms with E-state index in [0.717, 1.165) is 25.7 Å². The van der Waals surface area contributed by atoms with Gasteiger partial charge in [-0.1, -0.05) is 18.2 Å². The molecule has 0 heterocycles. The number of carbonyl (C=O) groups is 1. The molecule has 1 aliphatic rings. The van der Waals surface area contributed by atoms with Crippen LogP contribution in [0.2, 0.25) is 0 Å². The third kappa shape index (κ3) is 4.65. The normalized spacial score (nSPS) is 23.0. The van der Waals surface area contributed by atoms with Gasteiger partial charge in [-0.3, -0.25) is 4.79 Å². The van der Waals surface area contributed by atoms with E-state index in [1.807, 2.05) is 18.2 Å². The quantitative estimate of drug-likeness (QED) is 0.794. The predicted molar refractivity (Wildman–Crippen MR) is 75.0 cm³/mol. The van der Waals surface area contributed by atoms with Crippen molar-refractivity contribution in [3.8, 4) is 0 Å². The van der Waals surface area contributed by atoms with Gasteiger partial charge in [-0.2, -0.15) is 0 Å². The Labute approximate surface area is 114 Å². The van der Waals surface area contributed by atoms with Crippen LogP contribution in [-0.2, 0) is 4.74 Å². The first-order chi connectivity index (χ1) is 9.25. The monoisotopic (exact) mass is 262 g/mol. The first-order valence-electron chi connectivity index (χ1n) is 6.96. The minimum absolute atomic E-state index is 0.0464. The van der Waals surface area contributed by atoms with Crippen LogP contribution in [0, 0.1) is 0 Å². The fraction of sp³-hybridized carbons (Fsp3) is 0.533. The van der Waals surface area contributed by atoms with Gasteiger partial charge in [0.25, 0.3) is 5.91 Å². The number of hydrogen-bond donors (Lipinski definition) is 2. The Morgan fingerprint density at radius 3 is 2.58 bits per heavy atom. The molecule has 1 aliphatic carbocycles. The lowest BCUT2D eigenvalue weighted by Gasteiger charge is -2.26. The van der Waals surface area contributed by atoms with Crippen LogP contribution in [0.5, 0.6) is 0 Å². The second-order valence-electron chi connectivity index (χ2n) is 5.03. The lowest BCUT2D eigenvalue weighted by atomic mass is 9.94. The molecule has 1 amide bonds. The van der Waals surface area contributed by atoms with Crippen molar-refractivity contribution in [2.24, 2.45) is 5.73 Å². The highest BCUT2D eigenvalue weighted by Gasteiger charge is 2.18. The van der Waals surface area contributed by atoms with E-state index in [4.69, 9.17) is 10.5 Å². The summed E-state index contributed by atoms with van der Waals surface area (Å²) in [6, 6.07) is 9.57. The second kappa shape index (κ2) is 7.26. The van der Waals surface area contributed by atoms with Crippen LogP contribution in [0.3, 0.4) is 0 Å². The summed E-state index contributed by atoms with van der Waals surface area (Å²) < 4.78 is 5.75. The molecular weight excluding hydrogens is 240 g/mol. The molecule has 1 aromatic rings. The van der Waals surface area contributed by atoms with Crippen LogP contribution in [-0.4, -0.2) is 31.2 Å². The maximum atomic E-state index is 11.8. The van der Waals surface area contributed by atoms with E-state index in [-0.39, 0.29) is 5.91 Å². The van der Waals surface area contributed by atoms with E-state index in [1.165, 1.54) is 0 Å². The molecule has 19 heavy (non-hydrogen) atoms. The summed E-state index contributed by atoms with van der Waals surface area (Å²) in [5, 5.41) is 2.86. The predicted octanol–water partition coefficient (Wildman–Crippen LogP) is 1.70. The van der Waals surface area contributed by atoms with E-state index in [9.17, 15) is 4.79 Å². The van der Waals surface area contributed by atoms with Gasteiger partial charge in [0.05, 0.1) is 12.7 Å². The van der Waals surface area contributed by atoms with Crippen molar-refractivity contribution in [3.05, 3.63) is 35.9 Å². The molecule has 2 rings (SSSR count). The smallest absolute Gasteiger partial charge is 0.251 e. The number of nitrogens with one attached hydrogen (secondary N) is 1. The highest BCUT2D eigenvalue weighted by molar-refractivity contribution is 5.94. The Morgan fingerprint density at radius 2 is 1.89 bits per heavy atom. The summed E-state index contributed by atoms with van der Waals surface area (Å²) in [6.07, 6.45) is 4.47. The fourth-order valence-corrected chi connectivity index (χ4v) is 2.34. The van der Waals surface area contributed by atoms with Gasteiger partial charge in [0.1, 0.15) is 0 Å². The zero-order valence-corrected chi connectivity index (χ0v) is 11.2. The topological polar surface area (TPSA) is 64.3 Å². The first-order valence-corrected chi connectivity index (χ1v) is 6.96. The van der Waals surface area contributed by atoms with Gasteiger partial charge in [0, 0.05) is 18.2 Å². The molecule has 0 bridgehead atoms. The summed E-state index contributed by atoms with van der Waals surface area (Å²) in [4.78, 5) is 11.8. The van der Waals surface area contributed by atoms with Crippen molar-refractivity contribution in [2.45, 2.75) is 37.8 Å². The molecule has 0 spiro atoms. The van der Waals surface area contributed by atoms with E-state index in [2.05, 4.69) is 5.32 Å². The molecule has 1 fully saturated rings. The molecule has 104 valence electrons. The second-order valence-corrected chi connectivity index (χ2v) is 5.03. The number of ether oxygens (including phenoxy) is 1. The average molecular weight is 262 g/mol. The van der Waals surface area contributed by atoms with Crippen molar-refractivity contribution in [1.82, 2.24) is 5.32 Å². The van der Waals surface area contributed by atoms with Gasteiger partial charge in [-0.25, -0.2) is 0 Å². The lowest BCUT2D eigenvalue weighted by Crippen LogP contribution is -2.33. The molecule has 3 N–H and O–H groups in total. The molecule has 0 atom stereocenters. The molecule has 1 saturated carbocycles. The lowest BCUT2D eigenvalue weighted by molar-refractivity contribution is 0.0267. The van der Waals surface area contributed by atoms with Crippen LogP contribution < -0.4 is 11.1 Å². The van der Waals surface area contributed by atoms with Gasteiger partial charge in [0.15, 0.2) is 0 Å². The minimum atomic E-state index is -0.0464. The molecule has 1 aromatic carbocycles. The SMILES string of the molecule is NC1CCC(OCCNC(=O)c2ccccc2)CC1. The van der Waals surface area contributed by atoms with Gasteiger partial charge in [0.2, 0.25) is 0 Å². The maximum absolute atomic E-state index is 11.8. The fourth-order valence-electron chi connectivity index (χ4n) is 2.34. The summed E-state index contributed by atoms with van der Waals surface area (Å²) in [6.45, 7) is 1.12. The Morgan fingerprint density at radius 1 is 1.21 bits per heavy atom. The van der Waals surface area contributed by atoms with E-state index < -0.39 is 0 Å². The maximum Gasteiger partial charge on any atom is 0.251 e. The highest BCUT2D eigenvalue weighted by atomic mass is 16.5. The van der Waals surface area contributed by atoms with Crippen LogP contribution in [0.4, 0.5) is 0 Å². The Kier molecular flexibility index (Phi) is 5.36. The molecule has 4 heteroatoms. The number of amides is 1. The molecule has 4 nitrogen and oxygen atoms in total. The molecule has 0 unspecified atom stereocenters. The largest absolute Gasteiger partial charge is 0.376 e. The van der Waals surface area contributed by atoms with Gasteiger partial charge in [-0.15, -0.1) is 0 Å². The summed E-state index contributed by atoms with van der Waals surface area (Å²) >= 11 is 0. The van der Waals surface area contributed by atoms with Crippen LogP contribution in [0.15, 0.2) is 30.3 Å². The molecule has 0 aromatic heterocycles. The number of rotatable bonds is 5. The first kappa shape index (κ1) is 14.0. The molecule has 0 saturated heterocycles. The number of hydrogen-bond acceptors (Lipinski definition) is 3. The Hall–Kier alpha value is -1.39. The Balaban J connectivity index is 1.61. The van der Waals surface area contributed by atoms with Crippen molar-refractivity contribution in [3.63, 3.8) is 0 Å². The molecule has 0 aliphatic heterocycles. The number of carbonyl (C=O) groups excluding carboxylic acids is 1. The summed E-state index contributed by atoms with van der Waals surface area (Å²) in [7, 11) is 0. The highest BCUT2D eigenvalue weighted by Crippen LogP contribution is 2.19. The van der Waals surface area contributed by atoms with Crippen molar-refractivity contribution >= 4 is 5.91 Å². The number of benzene rings is 1. The summed E-state index contributed by atoms with van der Waals surface area (Å²) in [5.74, 6) is -0.0464. The van der Waals surface area contributed by atoms with Crippen molar-refractivity contribution in [2.75, 3.05) is 13.2 Å². The molecule has 0 radical (unpaired) electrons. The zero-order valence-electron chi connectivity index (χ0n) is 11.2. The molecular formula is C15H22N2O2. The number of nitrogens with two attached hydrogens (primary N) is 1. The Bertz CT molecular complexity index is 386. The van der Waals surface area contributed by atoms with Gasteiger partial charge < -0.3 is 15.8 Å².